The molecule has 0 aliphatic heterocycles. The topological polar surface area (TPSA) is 51.6 Å². The van der Waals surface area contributed by atoms with E-state index in [1.54, 1.807) is 12.4 Å². The van der Waals surface area contributed by atoms with E-state index < -0.39 is 0 Å². The van der Waals surface area contributed by atoms with Gasteiger partial charge in [0.15, 0.2) is 5.82 Å². The van der Waals surface area contributed by atoms with Gasteiger partial charge >= 0.3 is 0 Å². The second-order valence-corrected chi connectivity index (χ2v) is 4.28. The number of fused-ring (bicyclic) bond motifs is 1. The van der Waals surface area contributed by atoms with Crippen molar-refractivity contribution in [1.82, 2.24) is 19.9 Å². The first-order chi connectivity index (χ1) is 8.74. The highest BCUT2D eigenvalue weighted by molar-refractivity contribution is 6.31. The number of pyridine rings is 1. The summed E-state index contributed by atoms with van der Waals surface area (Å²) in [5.41, 5.74) is 0.777. The molecular weight excluding hydrogens is 271 g/mol. The molecule has 0 aliphatic carbocycles. The molecular formula is C12H6Cl2N4. The van der Waals surface area contributed by atoms with Crippen molar-refractivity contribution in [1.29, 1.82) is 0 Å². The minimum atomic E-state index is 0.0675. The minimum Gasteiger partial charge on any atom is -0.263 e. The van der Waals surface area contributed by atoms with Crippen LogP contribution in [0.4, 0.5) is 0 Å². The van der Waals surface area contributed by atoms with Gasteiger partial charge in [-0.2, -0.15) is 15.0 Å². The van der Waals surface area contributed by atoms with Gasteiger partial charge in [-0.25, -0.2) is 0 Å². The van der Waals surface area contributed by atoms with Crippen LogP contribution in [-0.4, -0.2) is 19.9 Å². The van der Waals surface area contributed by atoms with Crippen LogP contribution in [0.15, 0.2) is 36.7 Å². The maximum Gasteiger partial charge on any atom is 0.227 e. The van der Waals surface area contributed by atoms with E-state index in [0.29, 0.717) is 5.82 Å². The third-order valence-electron chi connectivity index (χ3n) is 2.49. The highest BCUT2D eigenvalue weighted by atomic mass is 35.5. The van der Waals surface area contributed by atoms with E-state index in [0.717, 1.165) is 16.3 Å². The van der Waals surface area contributed by atoms with Crippen LogP contribution in [0, 0.1) is 0 Å². The van der Waals surface area contributed by atoms with Crippen LogP contribution in [-0.2, 0) is 0 Å². The molecule has 18 heavy (non-hydrogen) atoms. The molecule has 0 unspecified atom stereocenters. The van der Waals surface area contributed by atoms with E-state index in [2.05, 4.69) is 19.9 Å². The average molecular weight is 277 g/mol. The Hall–Kier alpha value is -1.78. The van der Waals surface area contributed by atoms with E-state index in [1.807, 2.05) is 24.3 Å². The fourth-order valence-corrected chi connectivity index (χ4v) is 2.10. The quantitative estimate of drug-likeness (QED) is 0.684. The predicted molar refractivity (Wildman–Crippen MR) is 70.6 cm³/mol. The Bertz CT molecular complexity index is 705. The molecule has 0 aliphatic rings. The van der Waals surface area contributed by atoms with E-state index in [-0.39, 0.29) is 10.6 Å². The molecule has 0 spiro atoms. The second-order valence-electron chi connectivity index (χ2n) is 3.61. The van der Waals surface area contributed by atoms with Gasteiger partial charge in [0.2, 0.25) is 10.6 Å². The smallest absolute Gasteiger partial charge is 0.227 e. The van der Waals surface area contributed by atoms with E-state index >= 15 is 0 Å². The molecule has 1 aromatic carbocycles. The van der Waals surface area contributed by atoms with Gasteiger partial charge in [-0.15, -0.1) is 0 Å². The van der Waals surface area contributed by atoms with Crippen LogP contribution in [0.3, 0.4) is 0 Å². The minimum absolute atomic E-state index is 0.0675. The number of aromatic nitrogens is 4. The average Bonchev–Trinajstić information content (AvgIpc) is 2.37. The van der Waals surface area contributed by atoms with Crippen molar-refractivity contribution in [2.75, 3.05) is 0 Å². The Morgan fingerprint density at radius 3 is 2.33 bits per heavy atom. The summed E-state index contributed by atoms with van der Waals surface area (Å²) in [6, 6.07) is 7.82. The predicted octanol–water partition coefficient (Wildman–Crippen LogP) is 3.39. The second kappa shape index (κ2) is 4.48. The van der Waals surface area contributed by atoms with Crippen LogP contribution in [0.5, 0.6) is 0 Å². The SMILES string of the molecule is Clc1nc(Cl)nc(-c2cncc3ccccc23)n1. The van der Waals surface area contributed by atoms with Crippen molar-refractivity contribution in [3.8, 4) is 11.4 Å². The van der Waals surface area contributed by atoms with E-state index in [1.165, 1.54) is 0 Å². The van der Waals surface area contributed by atoms with Crippen LogP contribution < -0.4 is 0 Å². The first kappa shape index (κ1) is 11.3. The van der Waals surface area contributed by atoms with Crippen LogP contribution in [0.25, 0.3) is 22.2 Å². The molecule has 4 nitrogen and oxygen atoms in total. The zero-order chi connectivity index (χ0) is 12.5. The molecule has 88 valence electrons. The van der Waals surface area contributed by atoms with Crippen LogP contribution in [0.1, 0.15) is 0 Å². The third kappa shape index (κ3) is 2.00. The molecule has 0 atom stereocenters. The molecule has 6 heteroatoms. The van der Waals surface area contributed by atoms with Gasteiger partial charge in [-0.3, -0.25) is 4.98 Å². The van der Waals surface area contributed by atoms with Gasteiger partial charge in [0.05, 0.1) is 0 Å². The van der Waals surface area contributed by atoms with Crippen LogP contribution >= 0.6 is 23.2 Å². The fraction of sp³-hybridized carbons (Fsp3) is 0. The molecule has 3 rings (SSSR count). The Morgan fingerprint density at radius 2 is 1.56 bits per heavy atom. The van der Waals surface area contributed by atoms with Gasteiger partial charge in [-0.1, -0.05) is 24.3 Å². The van der Waals surface area contributed by atoms with Crippen LogP contribution in [0.2, 0.25) is 10.6 Å². The van der Waals surface area contributed by atoms with Gasteiger partial charge in [0.25, 0.3) is 0 Å². The number of hydrogen-bond donors (Lipinski definition) is 0. The number of benzene rings is 1. The number of rotatable bonds is 1. The largest absolute Gasteiger partial charge is 0.263 e. The third-order valence-corrected chi connectivity index (χ3v) is 2.83. The summed E-state index contributed by atoms with van der Waals surface area (Å²) in [6.07, 6.45) is 3.47. The Balaban J connectivity index is 2.31. The van der Waals surface area contributed by atoms with Crippen molar-refractivity contribution < 1.29 is 0 Å². The highest BCUT2D eigenvalue weighted by Gasteiger charge is 2.09. The molecule has 0 radical (unpaired) electrons. The zero-order valence-electron chi connectivity index (χ0n) is 9.01. The van der Waals surface area contributed by atoms with Crippen molar-refractivity contribution >= 4 is 34.0 Å². The van der Waals surface area contributed by atoms with Crippen molar-refractivity contribution in [2.24, 2.45) is 0 Å². The molecule has 0 fully saturated rings. The molecule has 0 bridgehead atoms. The number of nitrogens with zero attached hydrogens (tertiary/aromatic N) is 4. The zero-order valence-corrected chi connectivity index (χ0v) is 10.5. The standard InChI is InChI=1S/C12H6Cl2N4/c13-11-16-10(17-12(14)18-11)9-6-15-5-7-3-1-2-4-8(7)9/h1-6H. The summed E-state index contributed by atoms with van der Waals surface area (Å²) in [4.78, 5) is 16.0. The molecule has 0 N–H and O–H groups in total. The van der Waals surface area contributed by atoms with Crippen molar-refractivity contribution in [3.63, 3.8) is 0 Å². The van der Waals surface area contributed by atoms with Gasteiger partial charge in [0.1, 0.15) is 0 Å². The highest BCUT2D eigenvalue weighted by Crippen LogP contribution is 2.25. The summed E-state index contributed by atoms with van der Waals surface area (Å²) in [5, 5.41) is 2.13. The fourth-order valence-electron chi connectivity index (χ4n) is 1.74. The summed E-state index contributed by atoms with van der Waals surface area (Å²) in [5.74, 6) is 0.421. The molecule has 2 aromatic heterocycles. The lowest BCUT2D eigenvalue weighted by atomic mass is 10.1. The summed E-state index contributed by atoms with van der Waals surface area (Å²) >= 11 is 11.6. The van der Waals surface area contributed by atoms with Gasteiger partial charge < -0.3 is 0 Å². The number of halogens is 2. The summed E-state index contributed by atoms with van der Waals surface area (Å²) in [6.45, 7) is 0. The molecule has 0 amide bonds. The van der Waals surface area contributed by atoms with Crippen molar-refractivity contribution in [3.05, 3.63) is 47.2 Å². The Morgan fingerprint density at radius 1 is 0.833 bits per heavy atom. The summed E-state index contributed by atoms with van der Waals surface area (Å²) in [7, 11) is 0. The molecule has 3 aromatic rings. The Labute approximate surface area is 113 Å². The lowest BCUT2D eigenvalue weighted by Crippen LogP contribution is -1.95. The lowest BCUT2D eigenvalue weighted by Gasteiger charge is -2.04. The normalized spacial score (nSPS) is 10.8. The molecule has 0 saturated heterocycles. The van der Waals surface area contributed by atoms with Gasteiger partial charge in [-0.05, 0) is 28.6 Å². The maximum absolute atomic E-state index is 5.78. The monoisotopic (exact) mass is 276 g/mol. The Kier molecular flexibility index (Phi) is 2.81. The molecule has 0 saturated carbocycles. The van der Waals surface area contributed by atoms with Gasteiger partial charge in [0, 0.05) is 23.3 Å². The van der Waals surface area contributed by atoms with E-state index in [4.69, 9.17) is 23.2 Å². The summed E-state index contributed by atoms with van der Waals surface area (Å²) < 4.78 is 0. The molecule has 2 heterocycles. The van der Waals surface area contributed by atoms with Crippen molar-refractivity contribution in [2.45, 2.75) is 0 Å². The lowest BCUT2D eigenvalue weighted by molar-refractivity contribution is 1.06. The first-order valence-corrected chi connectivity index (χ1v) is 5.90. The number of hydrogen-bond acceptors (Lipinski definition) is 4. The maximum atomic E-state index is 5.78. The van der Waals surface area contributed by atoms with E-state index in [9.17, 15) is 0 Å². The first-order valence-electron chi connectivity index (χ1n) is 5.14.